The Balaban J connectivity index is 0.000000203. The summed E-state index contributed by atoms with van der Waals surface area (Å²) in [5.74, 6) is -0.792. The van der Waals surface area contributed by atoms with E-state index in [2.05, 4.69) is 40.4 Å². The van der Waals surface area contributed by atoms with Crippen LogP contribution in [0, 0.1) is 42.9 Å². The molecule has 5 fully saturated rings. The van der Waals surface area contributed by atoms with Crippen molar-refractivity contribution in [1.82, 2.24) is 24.5 Å². The maximum absolute atomic E-state index is 12.8. The van der Waals surface area contributed by atoms with Gasteiger partial charge in [-0.05, 0) is 116 Å². The monoisotopic (exact) mass is 2220 g/mol. The standard InChI is InChI=1S/C21H21Cl2N3O3.C20H21Cl2N3O5.C20H23Cl2N3O3.C19H19Cl2N3O5.C19H17Cl2N3O3.C2H6O.CH4/c1-28-19-11-14(10-15(12-24)21(19)29-2)18(27)13-25-6-8-26(9-7-25)17-5-3-4-16(22)20(17)23;1-29-18-11-13(10-16(25(27)28)20(18)30-2)17(26)12-23-6-8-24(9-7-23)15-5-3-4-14(21)19(15)22;1-27-18-11-13(10-15(23)20(18)28-2)17(26)12-24-6-8-25(9-7-24)16-5-3-4-14(21)19(16)22;1-29-17-10-12(9-15(19(17)26)24(27)28)16(25)11-22-5-7-23(8-6-22)14-4-2-3-13(20)18(14)21;20-14-2-1-3-15(18(14)21)24-6-4-23(5-7-24)11-17(26)12-8-13(10-22)19(27)16(25)9-12;1-2-3;/h3-5,10-11H,6-9,13H2,1-2H3;3-5,10-11H,6-9,12H2,1-2H3;3-5,10-11H,6-9,12,23H2,1-2H3;2-4,9-10,26H,5-8,11H2,1H3;1-3,8-9,25,27H,4-7,11H2;3H,2H2,1H3;1H4. The smallest absolute Gasteiger partial charge is 0.315 e. The van der Waals surface area contributed by atoms with Crippen molar-refractivity contribution in [3.05, 3.63) is 261 Å². The molecule has 15 rings (SSSR count). The highest BCUT2D eigenvalue weighted by Crippen LogP contribution is 2.44. The Hall–Kier alpha value is -12.2. The number of piperazine rings is 5. The predicted molar refractivity (Wildman–Crippen MR) is 577 cm³/mol. The third kappa shape index (κ3) is 31.0. The molecule has 0 atom stereocenters. The molecule has 0 bridgehead atoms. The van der Waals surface area contributed by atoms with Gasteiger partial charge in [0.25, 0.3) is 0 Å². The first-order chi connectivity index (χ1) is 69.9. The number of aliphatic hydroxyl groups is 1. The van der Waals surface area contributed by atoms with E-state index in [0.29, 0.717) is 188 Å². The van der Waals surface area contributed by atoms with E-state index in [-0.39, 0.29) is 120 Å². The van der Waals surface area contributed by atoms with Crippen molar-refractivity contribution in [3.8, 4) is 69.6 Å². The third-order valence-electron chi connectivity index (χ3n) is 24.1. The van der Waals surface area contributed by atoms with E-state index in [1.54, 1.807) is 67.6 Å². The first kappa shape index (κ1) is 118. The summed E-state index contributed by atoms with van der Waals surface area (Å²) in [5.41, 5.74) is 11.5. The third-order valence-corrected chi connectivity index (χ3v) is 28.2. The van der Waals surface area contributed by atoms with Gasteiger partial charge in [-0.15, -0.1) is 0 Å². The van der Waals surface area contributed by atoms with Gasteiger partial charge in [-0.25, -0.2) is 0 Å². The quantitative estimate of drug-likeness (QED) is 0.00955. The van der Waals surface area contributed by atoms with Crippen LogP contribution in [-0.4, -0.2) is 304 Å². The van der Waals surface area contributed by atoms with E-state index in [1.807, 2.05) is 75.4 Å². The van der Waals surface area contributed by atoms with Crippen molar-refractivity contribution in [1.29, 1.82) is 10.5 Å². The van der Waals surface area contributed by atoms with Gasteiger partial charge in [0.1, 0.15) is 12.1 Å². The Morgan fingerprint density at radius 3 is 0.844 bits per heavy atom. The molecule has 5 heterocycles. The fourth-order valence-corrected chi connectivity index (χ4v) is 18.5. The molecular formula is C102H111Cl10N15O20. The minimum atomic E-state index is -0.748. The van der Waals surface area contributed by atoms with E-state index >= 15 is 0 Å². The number of phenolic OH excluding ortho intramolecular Hbond substituents is 3. The fourth-order valence-electron chi connectivity index (χ4n) is 16.4. The van der Waals surface area contributed by atoms with Crippen LogP contribution in [0.1, 0.15) is 77.3 Å². The number of nitrogens with two attached hydrogens (primary N) is 1. The number of halogens is 10. The number of aromatic hydroxyl groups is 3. The van der Waals surface area contributed by atoms with Crippen LogP contribution in [-0.2, 0) is 0 Å². The van der Waals surface area contributed by atoms with Crippen LogP contribution in [0.25, 0.3) is 0 Å². The van der Waals surface area contributed by atoms with Gasteiger partial charge >= 0.3 is 11.4 Å². The zero-order valence-electron chi connectivity index (χ0n) is 80.8. The number of nitrogen functional groups attached to an aromatic ring is 1. The lowest BCUT2D eigenvalue weighted by atomic mass is 10.0. The molecule has 0 spiro atoms. The van der Waals surface area contributed by atoms with Gasteiger partial charge in [-0.1, -0.05) is 154 Å². The van der Waals surface area contributed by atoms with Gasteiger partial charge < -0.3 is 83.8 Å². The average Bonchev–Trinajstić information content (AvgIpc) is 0.800. The Morgan fingerprint density at radius 1 is 0.340 bits per heavy atom. The molecule has 6 N–H and O–H groups in total. The lowest BCUT2D eigenvalue weighted by molar-refractivity contribution is -0.386. The molecule has 0 aromatic heterocycles. The van der Waals surface area contributed by atoms with Crippen LogP contribution >= 0.6 is 116 Å². The van der Waals surface area contributed by atoms with Crippen molar-refractivity contribution in [3.63, 3.8) is 0 Å². The maximum Gasteiger partial charge on any atom is 0.315 e. The summed E-state index contributed by atoms with van der Waals surface area (Å²) in [6.07, 6.45) is 0. The van der Waals surface area contributed by atoms with Crippen LogP contribution in [0.5, 0.6) is 57.5 Å². The second kappa shape index (κ2) is 56.8. The predicted octanol–water partition coefficient (Wildman–Crippen LogP) is 18.9. The number of benzene rings is 10. The highest BCUT2D eigenvalue weighted by atomic mass is 35.5. The molecule has 0 radical (unpaired) electrons. The molecule has 10 aromatic carbocycles. The molecule has 0 aliphatic carbocycles. The number of ketones is 5. The van der Waals surface area contributed by atoms with Gasteiger partial charge in [0.2, 0.25) is 11.5 Å². The molecule has 784 valence electrons. The minimum Gasteiger partial charge on any atom is -0.504 e. The normalized spacial score (nSPS) is 14.3. The molecule has 45 heteroatoms. The zero-order valence-corrected chi connectivity index (χ0v) is 88.3. The molecule has 35 nitrogen and oxygen atoms in total. The van der Waals surface area contributed by atoms with Gasteiger partial charge in [-0.3, -0.25) is 68.7 Å². The molecule has 5 aliphatic heterocycles. The Labute approximate surface area is 901 Å². The number of Topliss-reactive ketones (excluding diaryl/α,β-unsaturated/α-hetero) is 5. The van der Waals surface area contributed by atoms with Gasteiger partial charge in [-0.2, -0.15) is 10.5 Å². The molecular weight excluding hydrogens is 2110 g/mol. The highest BCUT2D eigenvalue weighted by Gasteiger charge is 2.33. The van der Waals surface area contributed by atoms with Crippen molar-refractivity contribution >= 4 is 190 Å². The number of ether oxygens (including phenoxy) is 7. The molecule has 147 heavy (non-hydrogen) atoms. The van der Waals surface area contributed by atoms with Crippen molar-refractivity contribution < 1.29 is 87.4 Å². The highest BCUT2D eigenvalue weighted by molar-refractivity contribution is 6.46. The number of nitro benzene ring substituents is 2. The number of hydrogen-bond acceptors (Lipinski definition) is 33. The summed E-state index contributed by atoms with van der Waals surface area (Å²) in [7, 11) is 9.94. The van der Waals surface area contributed by atoms with E-state index in [4.69, 9.17) is 165 Å². The fraction of sp³-hybridized carbons (Fsp3) is 0.343. The number of aliphatic hydroxyl groups excluding tert-OH is 1. The SMILES string of the molecule is C.CCO.COc1cc(C(=O)CN2CCN(c3cccc(Cl)c3Cl)CC2)cc(C#N)c1OC.COc1cc(C(=O)CN2CCN(c3cccc(Cl)c3Cl)CC2)cc(N)c1OC.COc1cc(C(=O)CN2CCN(c3cccc(Cl)c3Cl)CC2)cc([N+](=O)[O-])c1O.COc1cc(C(=O)CN2CCN(c3cccc(Cl)c3Cl)CC2)cc([N+](=O)[O-])c1OC.N#Cc1cc(C(=O)CN2CCN(c3cccc(Cl)c3Cl)CC2)cc(O)c1O. The molecule has 0 amide bonds. The van der Waals surface area contributed by atoms with Crippen LogP contribution in [0.2, 0.25) is 50.2 Å². The van der Waals surface area contributed by atoms with Crippen LogP contribution < -0.4 is 63.4 Å². The molecule has 5 aliphatic rings. The van der Waals surface area contributed by atoms with Gasteiger partial charge in [0, 0.05) is 177 Å². The molecule has 5 saturated heterocycles. The first-order valence-corrected chi connectivity index (χ1v) is 49.1. The van der Waals surface area contributed by atoms with Crippen molar-refractivity contribution in [2.24, 2.45) is 0 Å². The number of carbonyl (C=O) groups excluding carboxylic acids is 5. The number of carbonyl (C=O) groups is 5. The van der Waals surface area contributed by atoms with E-state index in [9.17, 15) is 64.8 Å². The zero-order chi connectivity index (χ0) is 106. The number of nitrogens with zero attached hydrogens (tertiary/aromatic N) is 14. The van der Waals surface area contributed by atoms with Crippen LogP contribution in [0.3, 0.4) is 0 Å². The number of rotatable bonds is 29. The minimum absolute atomic E-state index is 0. The Morgan fingerprint density at radius 2 is 0.578 bits per heavy atom. The molecule has 0 saturated carbocycles. The lowest BCUT2D eigenvalue weighted by Crippen LogP contribution is -2.48. The largest absolute Gasteiger partial charge is 0.504 e. The second-order valence-corrected chi connectivity index (χ2v) is 37.0. The van der Waals surface area contributed by atoms with Crippen molar-refractivity contribution in [2.75, 3.05) is 250 Å². The number of anilines is 6. The first-order valence-electron chi connectivity index (χ1n) is 45.3. The summed E-state index contributed by atoms with van der Waals surface area (Å²) >= 11 is 62.0. The summed E-state index contributed by atoms with van der Waals surface area (Å²) in [5, 5.41) is 82.7. The van der Waals surface area contributed by atoms with Crippen LogP contribution in [0.15, 0.2) is 152 Å². The second-order valence-electron chi connectivity index (χ2n) is 33.1. The lowest BCUT2D eigenvalue weighted by Gasteiger charge is -2.36. The topological polar surface area (TPSA) is 423 Å². The number of nitriles is 2. The Kier molecular flexibility index (Phi) is 45.7. The van der Waals surface area contributed by atoms with E-state index in [1.165, 1.54) is 80.1 Å². The molecule has 0 unspecified atom stereocenters. The molecule has 10 aromatic rings. The number of phenols is 3. The number of nitro groups is 2. The Bertz CT molecular complexity index is 6430. The summed E-state index contributed by atoms with van der Waals surface area (Å²) in [6, 6.07) is 45.5. The van der Waals surface area contributed by atoms with Gasteiger partial charge in [0.05, 0.1) is 188 Å². The van der Waals surface area contributed by atoms with E-state index < -0.39 is 32.8 Å². The van der Waals surface area contributed by atoms with Crippen LogP contribution in [0.4, 0.5) is 45.5 Å². The number of methoxy groups -OCH3 is 7. The summed E-state index contributed by atoms with van der Waals surface area (Å²) < 4.78 is 36.2. The average molecular weight is 2220 g/mol. The summed E-state index contributed by atoms with van der Waals surface area (Å²) in [4.78, 5) is 105. The van der Waals surface area contributed by atoms with Gasteiger partial charge in [0.15, 0.2) is 74.9 Å². The summed E-state index contributed by atoms with van der Waals surface area (Å²) in [6.45, 7) is 16.7. The van der Waals surface area contributed by atoms with E-state index in [0.717, 1.165) is 73.8 Å². The number of hydrogen-bond donors (Lipinski definition) is 5. The van der Waals surface area contributed by atoms with Crippen molar-refractivity contribution in [2.45, 2.75) is 14.4 Å². The maximum atomic E-state index is 12.8.